The average molecular weight is 106 g/mol. The fourth-order valence-corrected chi connectivity index (χ4v) is 0. The van der Waals surface area contributed by atoms with Gasteiger partial charge >= 0.3 is 0 Å². The number of nitrogens with zero attached hydrogens (tertiary/aromatic N) is 1. The molecule has 0 saturated heterocycles. The summed E-state index contributed by atoms with van der Waals surface area (Å²) >= 11 is 5.24. The first-order valence-corrected chi connectivity index (χ1v) is 4.79. The zero-order valence-corrected chi connectivity index (χ0v) is 4.81. The van der Waals surface area contributed by atoms with Crippen LogP contribution in [0.25, 0.3) is 0 Å². The summed E-state index contributed by atoms with van der Waals surface area (Å²) in [6.45, 7) is 1.77. The lowest BCUT2D eigenvalue weighted by atomic mass is 11.8. The van der Waals surface area contributed by atoms with Crippen LogP contribution in [0.4, 0.5) is 0 Å². The van der Waals surface area contributed by atoms with Crippen LogP contribution in [0.5, 0.6) is 0 Å². The monoisotopic (exact) mass is 105 g/mol. The van der Waals surface area contributed by atoms with E-state index in [2.05, 4.69) is 0 Å². The lowest BCUT2D eigenvalue weighted by Crippen LogP contribution is -1.85. The van der Waals surface area contributed by atoms with E-state index in [-0.39, 0.29) is 0 Å². The van der Waals surface area contributed by atoms with Crippen LogP contribution in [0.2, 0.25) is 6.55 Å². The zero-order chi connectivity index (χ0) is 4.28. The highest BCUT2D eigenvalue weighted by Gasteiger charge is 1.87. The molecule has 0 aromatic heterocycles. The molecule has 0 spiro atoms. The third-order valence-corrected chi connectivity index (χ3v) is 0.826. The summed E-state index contributed by atoms with van der Waals surface area (Å²) in [4.78, 5) is 0. The van der Waals surface area contributed by atoms with Gasteiger partial charge in [0.15, 0.2) is 0 Å². The summed E-state index contributed by atoms with van der Waals surface area (Å²) < 4.78 is 0. The Balaban J connectivity index is 2.94. The van der Waals surface area contributed by atoms with Crippen molar-refractivity contribution in [2.75, 3.05) is 0 Å². The second-order valence-corrected chi connectivity index (χ2v) is 4.20. The first-order valence-electron chi connectivity index (χ1n) is 1.31. The molecule has 0 saturated carbocycles. The molecule has 0 bridgehead atoms. The Bertz CT molecular complexity index is 55.2. The van der Waals surface area contributed by atoms with Crippen LogP contribution in [0, 0.1) is 11.0 Å². The molecule has 0 aliphatic carbocycles. The van der Waals surface area contributed by atoms with Gasteiger partial charge in [-0.15, -0.1) is 0 Å². The van der Waals surface area contributed by atoms with E-state index in [0.717, 1.165) is 0 Å². The van der Waals surface area contributed by atoms with Crippen LogP contribution in [-0.2, 0) is 0 Å². The maximum Gasteiger partial charge on any atom is 0.251 e. The number of rotatable bonds is 0. The Morgan fingerprint density at radius 1 is 2.00 bits per heavy atom. The molecule has 1 unspecified atom stereocenters. The quantitative estimate of drug-likeness (QED) is 0.328. The van der Waals surface area contributed by atoms with E-state index in [4.69, 9.17) is 16.3 Å². The van der Waals surface area contributed by atoms with Crippen molar-refractivity contribution in [3.8, 4) is 5.69 Å². The molecule has 3 heteroatoms. The summed E-state index contributed by atoms with van der Waals surface area (Å²) in [5, 5.41) is 7.82. The van der Waals surface area contributed by atoms with Gasteiger partial charge in [0.2, 0.25) is 0 Å². The second kappa shape index (κ2) is 2.25. The van der Waals surface area contributed by atoms with E-state index in [0.29, 0.717) is 0 Å². The molecule has 0 N–H and O–H groups in total. The maximum atomic E-state index is 7.82. The van der Waals surface area contributed by atoms with Gasteiger partial charge in [-0.3, -0.25) is 0 Å². The van der Waals surface area contributed by atoms with Crippen molar-refractivity contribution < 1.29 is 0 Å². The first-order chi connectivity index (χ1) is 2.27. The number of halogens is 1. The largest absolute Gasteiger partial charge is 0.251 e. The summed E-state index contributed by atoms with van der Waals surface area (Å²) in [7, 11) is -1.37. The van der Waals surface area contributed by atoms with Crippen LogP contribution >= 0.6 is 11.1 Å². The molecule has 1 atom stereocenters. The van der Waals surface area contributed by atoms with Crippen molar-refractivity contribution in [3.63, 3.8) is 0 Å². The van der Waals surface area contributed by atoms with E-state index < -0.39 is 8.11 Å². The van der Waals surface area contributed by atoms with Gasteiger partial charge in [-0.2, -0.15) is 11.1 Å². The smallest absolute Gasteiger partial charge is 0.205 e. The molecule has 0 amide bonds. The second-order valence-electron chi connectivity index (χ2n) is 0.745. The van der Waals surface area contributed by atoms with Gasteiger partial charge in [-0.05, 0) is 6.55 Å². The van der Waals surface area contributed by atoms with Crippen LogP contribution in [0.3, 0.4) is 0 Å². The minimum absolute atomic E-state index is 1.37. The van der Waals surface area contributed by atoms with E-state index in [9.17, 15) is 0 Å². The van der Waals surface area contributed by atoms with Gasteiger partial charge in [0.25, 0.3) is 8.11 Å². The highest BCUT2D eigenvalue weighted by molar-refractivity contribution is 7.10. The zero-order valence-electron chi connectivity index (χ0n) is 2.90. The van der Waals surface area contributed by atoms with Crippen molar-refractivity contribution in [2.45, 2.75) is 6.55 Å². The van der Waals surface area contributed by atoms with Crippen molar-refractivity contribution in [2.24, 2.45) is 0 Å². The third-order valence-electron chi connectivity index (χ3n) is 0.178. The molecule has 0 heterocycles. The van der Waals surface area contributed by atoms with E-state index in [1.807, 2.05) is 5.69 Å². The van der Waals surface area contributed by atoms with Gasteiger partial charge in [-0.25, -0.2) is 5.26 Å². The Hall–Kier alpha value is -0.00312. The molecule has 0 aliphatic heterocycles. The highest BCUT2D eigenvalue weighted by atomic mass is 35.6. The fourth-order valence-electron chi connectivity index (χ4n) is 0. The van der Waals surface area contributed by atoms with Gasteiger partial charge in [0, 0.05) is 5.69 Å². The highest BCUT2D eigenvalue weighted by Crippen LogP contribution is 1.79. The van der Waals surface area contributed by atoms with E-state index >= 15 is 0 Å². The van der Waals surface area contributed by atoms with Crippen molar-refractivity contribution in [3.05, 3.63) is 0 Å². The normalized spacial score (nSPS) is 13.0. The molecule has 0 radical (unpaired) electrons. The molecule has 0 aromatic rings. The van der Waals surface area contributed by atoms with Gasteiger partial charge in [0.1, 0.15) is 0 Å². The summed E-state index contributed by atoms with van der Waals surface area (Å²) in [5.74, 6) is 0. The molecular formula is C2H4ClNSi. The predicted molar refractivity (Wildman–Crippen MR) is 24.5 cm³/mol. The standard InChI is InChI=1S/C2H4ClNSi/c1-5(3)2-4/h5H,1H3. The molecule has 0 aromatic carbocycles. The Morgan fingerprint density at radius 3 is 2.20 bits per heavy atom. The summed E-state index contributed by atoms with van der Waals surface area (Å²) in [5.41, 5.74) is 1.93. The van der Waals surface area contributed by atoms with E-state index in [1.54, 1.807) is 6.55 Å². The van der Waals surface area contributed by atoms with Gasteiger partial charge in [0.05, 0.1) is 0 Å². The molecule has 28 valence electrons. The van der Waals surface area contributed by atoms with Crippen molar-refractivity contribution >= 4 is 19.2 Å². The van der Waals surface area contributed by atoms with Gasteiger partial charge < -0.3 is 0 Å². The third kappa shape index (κ3) is 4.00. The molecule has 5 heavy (non-hydrogen) atoms. The fraction of sp³-hybridized carbons (Fsp3) is 0.500. The van der Waals surface area contributed by atoms with Crippen LogP contribution in [0.15, 0.2) is 0 Å². The van der Waals surface area contributed by atoms with Crippen molar-refractivity contribution in [1.82, 2.24) is 0 Å². The minimum atomic E-state index is -1.37. The molecule has 0 rings (SSSR count). The molecule has 1 nitrogen and oxygen atoms in total. The summed E-state index contributed by atoms with van der Waals surface area (Å²) in [6, 6.07) is 0. The summed E-state index contributed by atoms with van der Waals surface area (Å²) in [6.07, 6.45) is 0. The Morgan fingerprint density at radius 2 is 2.20 bits per heavy atom. The molecule has 0 fully saturated rings. The molecule has 0 aliphatic rings. The SMILES string of the molecule is C[SiH](Cl)C#N. The van der Waals surface area contributed by atoms with Crippen LogP contribution < -0.4 is 0 Å². The minimum Gasteiger partial charge on any atom is -0.205 e. The van der Waals surface area contributed by atoms with Crippen LogP contribution in [-0.4, -0.2) is 8.11 Å². The Kier molecular flexibility index (Phi) is 2.25. The topological polar surface area (TPSA) is 23.8 Å². The van der Waals surface area contributed by atoms with Crippen molar-refractivity contribution in [1.29, 1.82) is 5.26 Å². The van der Waals surface area contributed by atoms with Crippen LogP contribution in [0.1, 0.15) is 0 Å². The number of hydrogen-bond donors (Lipinski definition) is 0. The lowest BCUT2D eigenvalue weighted by molar-refractivity contribution is 1.56. The molecular weight excluding hydrogens is 102 g/mol. The maximum absolute atomic E-state index is 7.82. The average Bonchev–Trinajstić information content (AvgIpc) is 1.38. The number of nitriles is 1. The van der Waals surface area contributed by atoms with E-state index in [1.165, 1.54) is 0 Å². The Labute approximate surface area is 37.5 Å². The van der Waals surface area contributed by atoms with Gasteiger partial charge in [-0.1, -0.05) is 0 Å². The number of hydrogen-bond acceptors (Lipinski definition) is 1. The lowest BCUT2D eigenvalue weighted by Gasteiger charge is -1.68. The predicted octanol–water partition coefficient (Wildman–Crippen LogP) is 0.642. The first kappa shape index (κ1) is 5.00.